The van der Waals surface area contributed by atoms with Gasteiger partial charge in [0, 0.05) is 12.2 Å². The number of benzene rings is 1. The van der Waals surface area contributed by atoms with E-state index in [4.69, 9.17) is 11.6 Å². The first-order valence-electron chi connectivity index (χ1n) is 7.16. The fourth-order valence-corrected chi connectivity index (χ4v) is 2.59. The van der Waals surface area contributed by atoms with Crippen molar-refractivity contribution in [2.45, 2.75) is 37.7 Å². The van der Waals surface area contributed by atoms with Gasteiger partial charge in [0.1, 0.15) is 5.82 Å². The van der Waals surface area contributed by atoms with Gasteiger partial charge in [0.15, 0.2) is 0 Å². The summed E-state index contributed by atoms with van der Waals surface area (Å²) < 4.78 is 13.3. The van der Waals surface area contributed by atoms with Crippen LogP contribution in [-0.4, -0.2) is 29.1 Å². The van der Waals surface area contributed by atoms with Crippen molar-refractivity contribution in [3.05, 3.63) is 29.0 Å². The van der Waals surface area contributed by atoms with Crippen LogP contribution in [0.15, 0.2) is 18.2 Å². The van der Waals surface area contributed by atoms with E-state index in [9.17, 15) is 19.1 Å². The molecule has 0 heterocycles. The Kier molecular flexibility index (Phi) is 5.37. The summed E-state index contributed by atoms with van der Waals surface area (Å²) in [7, 11) is 0. The highest BCUT2D eigenvalue weighted by atomic mass is 35.5. The van der Waals surface area contributed by atoms with Gasteiger partial charge < -0.3 is 15.7 Å². The first-order chi connectivity index (χ1) is 10.4. The highest BCUT2D eigenvalue weighted by Gasteiger charge is 2.30. The van der Waals surface area contributed by atoms with Crippen LogP contribution in [0.4, 0.5) is 10.1 Å². The molecule has 1 aliphatic carbocycles. The summed E-state index contributed by atoms with van der Waals surface area (Å²) in [6.07, 6.45) is 4.10. The molecule has 1 aromatic rings. The number of hydrogen-bond acceptors (Lipinski definition) is 3. The average molecular weight is 329 g/mol. The number of halogens is 2. The van der Waals surface area contributed by atoms with Crippen LogP contribution in [0, 0.1) is 5.82 Å². The van der Waals surface area contributed by atoms with Crippen molar-refractivity contribution in [3.63, 3.8) is 0 Å². The first kappa shape index (κ1) is 16.7. The monoisotopic (exact) mass is 328 g/mol. The van der Waals surface area contributed by atoms with Gasteiger partial charge in [0.25, 0.3) is 0 Å². The van der Waals surface area contributed by atoms with Crippen LogP contribution in [0.25, 0.3) is 0 Å². The summed E-state index contributed by atoms with van der Waals surface area (Å²) in [5, 5.41) is 14.9. The molecule has 2 amide bonds. The van der Waals surface area contributed by atoms with E-state index in [1.165, 1.54) is 12.1 Å². The number of hydrogen-bond donors (Lipinski definition) is 3. The van der Waals surface area contributed by atoms with Crippen molar-refractivity contribution in [2.24, 2.45) is 0 Å². The second-order valence-corrected chi connectivity index (χ2v) is 5.96. The largest absolute Gasteiger partial charge is 0.388 e. The van der Waals surface area contributed by atoms with Crippen molar-refractivity contribution in [1.82, 2.24) is 5.32 Å². The van der Waals surface area contributed by atoms with Crippen LogP contribution in [-0.2, 0) is 9.59 Å². The Morgan fingerprint density at radius 2 is 1.91 bits per heavy atom. The van der Waals surface area contributed by atoms with Crippen LogP contribution in [0.2, 0.25) is 5.02 Å². The van der Waals surface area contributed by atoms with Crippen molar-refractivity contribution in [1.29, 1.82) is 0 Å². The minimum absolute atomic E-state index is 0.0359. The predicted octanol–water partition coefficient (Wildman–Crippen LogP) is 2.23. The summed E-state index contributed by atoms with van der Waals surface area (Å²) in [6.45, 7) is 0.0359. The molecule has 1 saturated carbocycles. The van der Waals surface area contributed by atoms with Crippen molar-refractivity contribution in [3.8, 4) is 0 Å². The van der Waals surface area contributed by atoms with Crippen molar-refractivity contribution in [2.75, 3.05) is 11.9 Å². The van der Waals surface area contributed by atoms with Gasteiger partial charge in [0.2, 0.25) is 0 Å². The number of amides is 2. The molecule has 0 bridgehead atoms. The third kappa shape index (κ3) is 4.42. The maximum Gasteiger partial charge on any atom is 0.313 e. The second-order valence-electron chi connectivity index (χ2n) is 5.55. The van der Waals surface area contributed by atoms with Gasteiger partial charge in [-0.3, -0.25) is 9.59 Å². The number of carbonyl (C=O) groups is 2. The van der Waals surface area contributed by atoms with Gasteiger partial charge in [-0.05, 0) is 31.0 Å². The molecule has 22 heavy (non-hydrogen) atoms. The summed E-state index contributed by atoms with van der Waals surface area (Å²) >= 11 is 5.54. The van der Waals surface area contributed by atoms with E-state index < -0.39 is 23.2 Å². The summed E-state index contributed by atoms with van der Waals surface area (Å²) in [5.74, 6) is -2.47. The molecule has 1 fully saturated rings. The molecule has 0 aliphatic heterocycles. The van der Waals surface area contributed by atoms with E-state index in [0.717, 1.165) is 25.3 Å². The smallest absolute Gasteiger partial charge is 0.313 e. The minimum Gasteiger partial charge on any atom is -0.388 e. The summed E-state index contributed by atoms with van der Waals surface area (Å²) in [4.78, 5) is 23.5. The molecule has 0 unspecified atom stereocenters. The topological polar surface area (TPSA) is 78.4 Å². The van der Waals surface area contributed by atoms with E-state index >= 15 is 0 Å². The summed E-state index contributed by atoms with van der Waals surface area (Å²) in [6, 6.07) is 3.71. The quantitative estimate of drug-likeness (QED) is 0.744. The third-order valence-corrected chi connectivity index (χ3v) is 4.05. The fourth-order valence-electron chi connectivity index (χ4n) is 2.47. The van der Waals surface area contributed by atoms with Gasteiger partial charge in [-0.2, -0.15) is 0 Å². The zero-order valence-electron chi connectivity index (χ0n) is 12.0. The number of nitrogens with one attached hydrogen (secondary N) is 2. The van der Waals surface area contributed by atoms with Crippen molar-refractivity contribution < 1.29 is 19.1 Å². The Bertz CT molecular complexity index is 574. The van der Waals surface area contributed by atoms with Gasteiger partial charge in [-0.25, -0.2) is 4.39 Å². The van der Waals surface area contributed by atoms with E-state index in [1.54, 1.807) is 0 Å². The molecule has 0 radical (unpaired) electrons. The van der Waals surface area contributed by atoms with Crippen LogP contribution in [0.1, 0.15) is 32.1 Å². The Morgan fingerprint density at radius 3 is 2.55 bits per heavy atom. The van der Waals surface area contributed by atoms with E-state index in [-0.39, 0.29) is 17.3 Å². The van der Waals surface area contributed by atoms with Crippen LogP contribution in [0.5, 0.6) is 0 Å². The Morgan fingerprint density at radius 1 is 1.23 bits per heavy atom. The number of anilines is 1. The Labute approximate surface area is 132 Å². The summed E-state index contributed by atoms with van der Waals surface area (Å²) in [5.41, 5.74) is -0.806. The highest BCUT2D eigenvalue weighted by Crippen LogP contribution is 2.27. The molecule has 0 atom stereocenters. The van der Waals surface area contributed by atoms with Crippen LogP contribution >= 0.6 is 11.6 Å². The number of rotatable bonds is 3. The molecule has 7 heteroatoms. The lowest BCUT2D eigenvalue weighted by molar-refractivity contribution is -0.137. The van der Waals surface area contributed by atoms with Gasteiger partial charge in [-0.15, -0.1) is 0 Å². The second kappa shape index (κ2) is 7.07. The molecule has 5 nitrogen and oxygen atoms in total. The molecular weight excluding hydrogens is 311 g/mol. The molecule has 1 aromatic carbocycles. The molecule has 120 valence electrons. The average Bonchev–Trinajstić information content (AvgIpc) is 2.49. The minimum atomic E-state index is -0.944. The molecule has 0 saturated heterocycles. The first-order valence-corrected chi connectivity index (χ1v) is 7.54. The molecule has 3 N–H and O–H groups in total. The van der Waals surface area contributed by atoms with E-state index in [1.807, 2.05) is 0 Å². The standard InChI is InChI=1S/C15H18ClFN2O3/c16-11-5-4-10(8-12(11)17)19-14(21)13(20)18-9-15(22)6-2-1-3-7-15/h4-5,8,22H,1-3,6-7,9H2,(H,18,20)(H,19,21). The Hall–Kier alpha value is -1.66. The Balaban J connectivity index is 1.86. The molecular formula is C15H18ClFN2O3. The zero-order valence-corrected chi connectivity index (χ0v) is 12.8. The SMILES string of the molecule is O=C(NCC1(O)CCCCC1)C(=O)Nc1ccc(Cl)c(F)c1. The molecule has 0 spiro atoms. The third-order valence-electron chi connectivity index (χ3n) is 3.75. The maximum absolute atomic E-state index is 13.3. The van der Waals surface area contributed by atoms with Gasteiger partial charge in [0.05, 0.1) is 10.6 Å². The molecule has 0 aromatic heterocycles. The van der Waals surface area contributed by atoms with Gasteiger partial charge in [-0.1, -0.05) is 30.9 Å². The van der Waals surface area contributed by atoms with E-state index in [2.05, 4.69) is 10.6 Å². The molecule has 2 rings (SSSR count). The molecule has 1 aliphatic rings. The van der Waals surface area contributed by atoms with E-state index in [0.29, 0.717) is 12.8 Å². The fraction of sp³-hybridized carbons (Fsp3) is 0.467. The van der Waals surface area contributed by atoms with Crippen molar-refractivity contribution >= 4 is 29.1 Å². The lowest BCUT2D eigenvalue weighted by Gasteiger charge is -2.31. The van der Waals surface area contributed by atoms with Crippen LogP contribution < -0.4 is 10.6 Å². The number of aliphatic hydroxyl groups is 1. The maximum atomic E-state index is 13.3. The highest BCUT2D eigenvalue weighted by molar-refractivity contribution is 6.39. The number of carbonyl (C=O) groups excluding carboxylic acids is 2. The lowest BCUT2D eigenvalue weighted by Crippen LogP contribution is -2.47. The normalized spacial score (nSPS) is 16.9. The zero-order chi connectivity index (χ0) is 16.2. The van der Waals surface area contributed by atoms with Crippen LogP contribution in [0.3, 0.4) is 0 Å². The van der Waals surface area contributed by atoms with Gasteiger partial charge >= 0.3 is 11.8 Å². The predicted molar refractivity (Wildman–Crippen MR) is 81.1 cm³/mol. The lowest BCUT2D eigenvalue weighted by atomic mass is 9.85.